The van der Waals surface area contributed by atoms with Gasteiger partial charge in [-0.25, -0.2) is 0 Å². The molecule has 0 N–H and O–H groups in total. The van der Waals surface area contributed by atoms with Crippen LogP contribution in [0.2, 0.25) is 0 Å². The van der Waals surface area contributed by atoms with Crippen molar-refractivity contribution in [2.75, 3.05) is 26.0 Å². The molecule has 0 aliphatic heterocycles. The average Bonchev–Trinajstić information content (AvgIpc) is 2.34. The number of allylic oxidation sites excluding steroid dienone is 3. The van der Waals surface area contributed by atoms with Gasteiger partial charge in [-0.3, -0.25) is 0 Å². The zero-order valence-electron chi connectivity index (χ0n) is 14.2. The Morgan fingerprint density at radius 3 is 2.65 bits per heavy atom. The van der Waals surface area contributed by atoms with Gasteiger partial charge in [-0.05, 0) is 38.2 Å². The van der Waals surface area contributed by atoms with Crippen molar-refractivity contribution in [3.05, 3.63) is 23.8 Å². The van der Waals surface area contributed by atoms with Gasteiger partial charge in [0.05, 0.1) is 20.6 Å². The van der Waals surface area contributed by atoms with Gasteiger partial charge in [0.25, 0.3) is 0 Å². The molecular formula is C18H33BrN+. The molecule has 0 saturated carbocycles. The molecule has 2 atom stereocenters. The van der Waals surface area contributed by atoms with Crippen molar-refractivity contribution in [3.8, 4) is 0 Å². The molecule has 1 nitrogen and oxygen atoms in total. The van der Waals surface area contributed by atoms with Crippen LogP contribution in [-0.2, 0) is 0 Å². The molecule has 0 amide bonds. The third-order valence-corrected chi connectivity index (χ3v) is 5.70. The molecule has 0 spiro atoms. The SMILES string of the molecule is CC1=CCCC(C)(C)C1/C=C/C(C)[N+](C)(C)CCCBr. The lowest BCUT2D eigenvalue weighted by Crippen LogP contribution is -2.47. The van der Waals surface area contributed by atoms with Crippen LogP contribution >= 0.6 is 15.9 Å². The highest BCUT2D eigenvalue weighted by Crippen LogP contribution is 2.41. The summed E-state index contributed by atoms with van der Waals surface area (Å²) >= 11 is 3.54. The molecule has 0 aromatic rings. The largest absolute Gasteiger partial charge is 0.323 e. The summed E-state index contributed by atoms with van der Waals surface area (Å²) in [5.41, 5.74) is 1.96. The lowest BCUT2D eigenvalue weighted by Gasteiger charge is -2.38. The highest BCUT2D eigenvalue weighted by atomic mass is 79.9. The molecular weight excluding hydrogens is 310 g/mol. The lowest BCUT2D eigenvalue weighted by molar-refractivity contribution is -0.906. The number of hydrogen-bond donors (Lipinski definition) is 0. The summed E-state index contributed by atoms with van der Waals surface area (Å²) in [6, 6.07) is 0.569. The van der Waals surface area contributed by atoms with Gasteiger partial charge in [-0.2, -0.15) is 0 Å². The van der Waals surface area contributed by atoms with Gasteiger partial charge < -0.3 is 4.48 Å². The predicted octanol–water partition coefficient (Wildman–Crippen LogP) is 5.18. The molecule has 116 valence electrons. The Hall–Kier alpha value is -0.0800. The highest BCUT2D eigenvalue weighted by Gasteiger charge is 2.31. The quantitative estimate of drug-likeness (QED) is 0.354. The Kier molecular flexibility index (Phi) is 6.53. The first-order chi connectivity index (χ1) is 9.20. The minimum Gasteiger partial charge on any atom is -0.323 e. The van der Waals surface area contributed by atoms with Crippen LogP contribution in [0, 0.1) is 11.3 Å². The molecule has 0 fully saturated rings. The van der Waals surface area contributed by atoms with E-state index in [0.717, 1.165) is 9.81 Å². The van der Waals surface area contributed by atoms with Gasteiger partial charge in [0.15, 0.2) is 0 Å². The third-order valence-electron chi connectivity index (χ3n) is 5.14. The van der Waals surface area contributed by atoms with Gasteiger partial charge in [-0.1, -0.05) is 47.5 Å². The molecule has 0 radical (unpaired) electrons. The summed E-state index contributed by atoms with van der Waals surface area (Å²) in [6.45, 7) is 10.7. The highest BCUT2D eigenvalue weighted by molar-refractivity contribution is 9.09. The van der Waals surface area contributed by atoms with Gasteiger partial charge in [-0.15, -0.1) is 0 Å². The smallest absolute Gasteiger partial charge is 0.104 e. The molecule has 0 bridgehead atoms. The number of halogens is 1. The van der Waals surface area contributed by atoms with Crippen molar-refractivity contribution in [1.82, 2.24) is 0 Å². The fourth-order valence-corrected chi connectivity index (χ4v) is 3.41. The molecule has 2 heteroatoms. The summed E-state index contributed by atoms with van der Waals surface area (Å²) in [5.74, 6) is 0.606. The maximum Gasteiger partial charge on any atom is 0.104 e. The second-order valence-electron chi connectivity index (χ2n) is 7.62. The third kappa shape index (κ3) is 4.73. The summed E-state index contributed by atoms with van der Waals surface area (Å²) in [5, 5.41) is 1.10. The minimum atomic E-state index is 0.405. The fraction of sp³-hybridized carbons (Fsp3) is 0.778. The first-order valence-corrected chi connectivity index (χ1v) is 9.06. The second kappa shape index (κ2) is 7.26. The van der Waals surface area contributed by atoms with E-state index in [9.17, 15) is 0 Å². The van der Waals surface area contributed by atoms with E-state index in [2.05, 4.69) is 75.9 Å². The van der Waals surface area contributed by atoms with Gasteiger partial charge in [0.1, 0.15) is 6.04 Å². The lowest BCUT2D eigenvalue weighted by atomic mass is 9.68. The monoisotopic (exact) mass is 342 g/mol. The summed E-state index contributed by atoms with van der Waals surface area (Å²) in [7, 11) is 4.68. The number of hydrogen-bond acceptors (Lipinski definition) is 0. The van der Waals surface area contributed by atoms with E-state index in [4.69, 9.17) is 0 Å². The van der Waals surface area contributed by atoms with E-state index >= 15 is 0 Å². The Morgan fingerprint density at radius 2 is 2.10 bits per heavy atom. The molecule has 0 aromatic carbocycles. The Labute approximate surface area is 134 Å². The zero-order chi connectivity index (χ0) is 15.4. The van der Waals surface area contributed by atoms with Crippen LogP contribution in [-0.4, -0.2) is 36.5 Å². The Balaban J connectivity index is 2.75. The van der Waals surface area contributed by atoms with Crippen LogP contribution < -0.4 is 0 Å². The second-order valence-corrected chi connectivity index (χ2v) is 8.42. The molecule has 1 aliphatic rings. The molecule has 0 saturated heterocycles. The molecule has 1 aliphatic carbocycles. The number of likely N-dealkylation sites (N-methyl/N-ethyl adjacent to an activating group) is 1. The zero-order valence-corrected chi connectivity index (χ0v) is 15.8. The fourth-order valence-electron chi connectivity index (χ4n) is 3.16. The van der Waals surface area contributed by atoms with E-state index in [-0.39, 0.29) is 0 Å². The Bertz CT molecular complexity index is 366. The van der Waals surface area contributed by atoms with E-state index in [0.29, 0.717) is 17.4 Å². The van der Waals surface area contributed by atoms with Crippen molar-refractivity contribution in [2.45, 2.75) is 53.0 Å². The molecule has 0 heterocycles. The number of quaternary nitrogens is 1. The van der Waals surface area contributed by atoms with Crippen molar-refractivity contribution >= 4 is 15.9 Å². The topological polar surface area (TPSA) is 0 Å². The molecule has 20 heavy (non-hydrogen) atoms. The maximum absolute atomic E-state index is 3.54. The molecule has 2 unspecified atom stereocenters. The van der Waals surface area contributed by atoms with Gasteiger partial charge in [0.2, 0.25) is 0 Å². The first-order valence-electron chi connectivity index (χ1n) is 7.94. The van der Waals surface area contributed by atoms with E-state index < -0.39 is 0 Å². The predicted molar refractivity (Wildman–Crippen MR) is 94.3 cm³/mol. The molecule has 0 aromatic heterocycles. The van der Waals surface area contributed by atoms with Crippen LogP contribution in [0.3, 0.4) is 0 Å². The van der Waals surface area contributed by atoms with Crippen LogP contribution in [0.1, 0.15) is 47.0 Å². The number of nitrogens with zero attached hydrogens (tertiary/aromatic N) is 1. The van der Waals surface area contributed by atoms with Crippen molar-refractivity contribution in [3.63, 3.8) is 0 Å². The van der Waals surface area contributed by atoms with Crippen LogP contribution in [0.5, 0.6) is 0 Å². The summed E-state index contributed by atoms with van der Waals surface area (Å²) in [4.78, 5) is 0. The van der Waals surface area contributed by atoms with Crippen LogP contribution in [0.4, 0.5) is 0 Å². The van der Waals surface area contributed by atoms with Gasteiger partial charge >= 0.3 is 0 Å². The van der Waals surface area contributed by atoms with Gasteiger partial charge in [0, 0.05) is 17.7 Å². The first kappa shape index (κ1) is 18.0. The van der Waals surface area contributed by atoms with E-state index in [1.54, 1.807) is 5.57 Å². The van der Waals surface area contributed by atoms with Crippen molar-refractivity contribution < 1.29 is 4.48 Å². The normalized spacial score (nSPS) is 24.8. The van der Waals surface area contributed by atoms with Crippen LogP contribution in [0.15, 0.2) is 23.8 Å². The minimum absolute atomic E-state index is 0.405. The van der Waals surface area contributed by atoms with Crippen LogP contribution in [0.25, 0.3) is 0 Å². The standard InChI is InChI=1S/C18H33BrN/c1-15-9-7-12-18(3,4)17(15)11-10-16(2)20(5,6)14-8-13-19/h9-11,16-17H,7-8,12-14H2,1-6H3/q+1/b11-10+. The van der Waals surface area contributed by atoms with E-state index in [1.807, 2.05) is 0 Å². The van der Waals surface area contributed by atoms with E-state index in [1.165, 1.54) is 25.8 Å². The maximum atomic E-state index is 3.54. The summed E-state index contributed by atoms with van der Waals surface area (Å²) in [6.07, 6.45) is 11.1. The summed E-state index contributed by atoms with van der Waals surface area (Å²) < 4.78 is 1.07. The van der Waals surface area contributed by atoms with Crippen molar-refractivity contribution in [2.24, 2.45) is 11.3 Å². The average molecular weight is 343 g/mol. The number of alkyl halides is 1. The molecule has 1 rings (SSSR count). The van der Waals surface area contributed by atoms with Crippen molar-refractivity contribution in [1.29, 1.82) is 0 Å². The Morgan fingerprint density at radius 1 is 1.45 bits per heavy atom. The number of rotatable bonds is 6.